The number of anilines is 1. The summed E-state index contributed by atoms with van der Waals surface area (Å²) in [7, 11) is 1.88. The highest BCUT2D eigenvalue weighted by atomic mass is 15.1. The van der Waals surface area contributed by atoms with Gasteiger partial charge in [-0.25, -0.2) is 15.0 Å². The summed E-state index contributed by atoms with van der Waals surface area (Å²) in [6, 6.07) is 2.01. The van der Waals surface area contributed by atoms with Crippen LogP contribution in [0.5, 0.6) is 0 Å². The maximum absolute atomic E-state index is 4.66. The smallest absolute Gasteiger partial charge is 0.180 e. The standard InChI is InChI=1S/C14H21N5/c1-5-19-9-16-8-12(19)14-17-11(6-10(2)3)7-13(15-4)18-14/h7-10H,5-6H2,1-4H3,(H,15,17,18). The lowest BCUT2D eigenvalue weighted by molar-refractivity contribution is 0.634. The molecule has 102 valence electrons. The number of aryl methyl sites for hydroxylation is 1. The molecule has 0 unspecified atom stereocenters. The minimum absolute atomic E-state index is 0.573. The van der Waals surface area contributed by atoms with Crippen LogP contribution in [0.25, 0.3) is 11.5 Å². The molecule has 1 N–H and O–H groups in total. The van der Waals surface area contributed by atoms with E-state index in [2.05, 4.69) is 41.0 Å². The second kappa shape index (κ2) is 5.82. The van der Waals surface area contributed by atoms with Crippen molar-refractivity contribution in [3.8, 4) is 11.5 Å². The van der Waals surface area contributed by atoms with E-state index in [0.29, 0.717) is 5.92 Å². The predicted octanol–water partition coefficient (Wildman–Crippen LogP) is 2.60. The van der Waals surface area contributed by atoms with Gasteiger partial charge in [-0.1, -0.05) is 13.8 Å². The van der Waals surface area contributed by atoms with E-state index in [1.54, 1.807) is 0 Å². The molecular weight excluding hydrogens is 238 g/mol. The molecule has 0 aromatic carbocycles. The Balaban J connectivity index is 2.44. The maximum atomic E-state index is 4.66. The number of aromatic nitrogens is 4. The first-order valence-electron chi connectivity index (χ1n) is 6.70. The van der Waals surface area contributed by atoms with Crippen LogP contribution in [-0.2, 0) is 13.0 Å². The van der Waals surface area contributed by atoms with E-state index in [4.69, 9.17) is 0 Å². The average molecular weight is 259 g/mol. The van der Waals surface area contributed by atoms with Crippen molar-refractivity contribution in [3.05, 3.63) is 24.3 Å². The van der Waals surface area contributed by atoms with E-state index in [0.717, 1.165) is 36.0 Å². The lowest BCUT2D eigenvalue weighted by atomic mass is 10.1. The molecule has 0 amide bonds. The van der Waals surface area contributed by atoms with Gasteiger partial charge in [0.25, 0.3) is 0 Å². The highest BCUT2D eigenvalue weighted by molar-refractivity contribution is 5.52. The Hall–Kier alpha value is -1.91. The summed E-state index contributed by atoms with van der Waals surface area (Å²) in [6.07, 6.45) is 4.58. The van der Waals surface area contributed by atoms with Crippen molar-refractivity contribution < 1.29 is 0 Å². The molecular formula is C14H21N5. The zero-order valence-corrected chi connectivity index (χ0v) is 12.0. The highest BCUT2D eigenvalue weighted by Gasteiger charge is 2.11. The van der Waals surface area contributed by atoms with E-state index >= 15 is 0 Å². The molecule has 0 saturated carbocycles. The fourth-order valence-electron chi connectivity index (χ4n) is 2.02. The fourth-order valence-corrected chi connectivity index (χ4v) is 2.02. The predicted molar refractivity (Wildman–Crippen MR) is 77.0 cm³/mol. The monoisotopic (exact) mass is 259 g/mol. The summed E-state index contributed by atoms with van der Waals surface area (Å²) < 4.78 is 2.05. The molecule has 0 fully saturated rings. The molecule has 0 aliphatic rings. The molecule has 0 aliphatic carbocycles. The number of nitrogens with zero attached hydrogens (tertiary/aromatic N) is 4. The van der Waals surface area contributed by atoms with E-state index in [1.807, 2.05) is 30.2 Å². The zero-order chi connectivity index (χ0) is 13.8. The molecule has 0 bridgehead atoms. The quantitative estimate of drug-likeness (QED) is 0.896. The number of hydrogen-bond acceptors (Lipinski definition) is 4. The molecule has 2 aromatic heterocycles. The third kappa shape index (κ3) is 3.10. The minimum atomic E-state index is 0.573. The number of imidazole rings is 1. The Morgan fingerprint density at radius 3 is 2.74 bits per heavy atom. The highest BCUT2D eigenvalue weighted by Crippen LogP contribution is 2.19. The third-order valence-electron chi connectivity index (χ3n) is 2.93. The molecule has 0 saturated heterocycles. The van der Waals surface area contributed by atoms with Gasteiger partial charge < -0.3 is 9.88 Å². The van der Waals surface area contributed by atoms with Crippen LogP contribution >= 0.6 is 0 Å². The average Bonchev–Trinajstić information content (AvgIpc) is 2.85. The minimum Gasteiger partial charge on any atom is -0.373 e. The van der Waals surface area contributed by atoms with Crippen molar-refractivity contribution >= 4 is 5.82 Å². The van der Waals surface area contributed by atoms with Crippen LogP contribution in [0.4, 0.5) is 5.82 Å². The van der Waals surface area contributed by atoms with Crippen LogP contribution in [0.15, 0.2) is 18.6 Å². The number of hydrogen-bond donors (Lipinski definition) is 1. The number of rotatable bonds is 5. The Labute approximate surface area is 114 Å². The van der Waals surface area contributed by atoms with Gasteiger partial charge in [0.15, 0.2) is 5.82 Å². The van der Waals surface area contributed by atoms with Gasteiger partial charge in [-0.3, -0.25) is 0 Å². The van der Waals surface area contributed by atoms with Crippen molar-refractivity contribution in [2.75, 3.05) is 12.4 Å². The summed E-state index contributed by atoms with van der Waals surface area (Å²) in [6.45, 7) is 7.33. The van der Waals surface area contributed by atoms with Crippen LogP contribution in [0.2, 0.25) is 0 Å². The molecule has 0 atom stereocenters. The van der Waals surface area contributed by atoms with Gasteiger partial charge >= 0.3 is 0 Å². The van der Waals surface area contributed by atoms with Crippen LogP contribution in [-0.4, -0.2) is 26.6 Å². The van der Waals surface area contributed by atoms with Crippen LogP contribution in [0.1, 0.15) is 26.5 Å². The first kappa shape index (κ1) is 13.5. The molecule has 5 nitrogen and oxygen atoms in total. The van der Waals surface area contributed by atoms with Crippen LogP contribution in [0.3, 0.4) is 0 Å². The van der Waals surface area contributed by atoms with Gasteiger partial charge in [-0.15, -0.1) is 0 Å². The first-order valence-corrected chi connectivity index (χ1v) is 6.70. The van der Waals surface area contributed by atoms with E-state index < -0.39 is 0 Å². The Morgan fingerprint density at radius 2 is 2.11 bits per heavy atom. The maximum Gasteiger partial charge on any atom is 0.180 e. The molecule has 2 heterocycles. The van der Waals surface area contributed by atoms with Crippen molar-refractivity contribution in [1.29, 1.82) is 0 Å². The summed E-state index contributed by atoms with van der Waals surface area (Å²) in [5.41, 5.74) is 2.03. The molecule has 5 heteroatoms. The SMILES string of the molecule is CCn1cncc1-c1nc(CC(C)C)cc(NC)n1. The van der Waals surface area contributed by atoms with Gasteiger partial charge in [0.2, 0.25) is 0 Å². The lowest BCUT2D eigenvalue weighted by Crippen LogP contribution is -2.06. The van der Waals surface area contributed by atoms with Gasteiger partial charge in [0.1, 0.15) is 11.5 Å². The number of nitrogens with one attached hydrogen (secondary N) is 1. The molecule has 2 aromatic rings. The normalized spacial score (nSPS) is 11.0. The van der Waals surface area contributed by atoms with Gasteiger partial charge in [-0.05, 0) is 19.3 Å². The van der Waals surface area contributed by atoms with Gasteiger partial charge in [0.05, 0.1) is 12.5 Å². The lowest BCUT2D eigenvalue weighted by Gasteiger charge is -2.10. The summed E-state index contributed by atoms with van der Waals surface area (Å²) in [5, 5.41) is 3.10. The van der Waals surface area contributed by atoms with E-state index in [1.165, 1.54) is 0 Å². The third-order valence-corrected chi connectivity index (χ3v) is 2.93. The zero-order valence-electron chi connectivity index (χ0n) is 12.0. The van der Waals surface area contributed by atoms with Crippen molar-refractivity contribution in [2.45, 2.75) is 33.7 Å². The first-order chi connectivity index (χ1) is 9.13. The van der Waals surface area contributed by atoms with E-state index in [9.17, 15) is 0 Å². The van der Waals surface area contributed by atoms with Gasteiger partial charge in [0, 0.05) is 25.4 Å². The molecule has 0 radical (unpaired) electrons. The Kier molecular flexibility index (Phi) is 4.14. The second-order valence-corrected chi connectivity index (χ2v) is 4.98. The molecule has 2 rings (SSSR count). The topological polar surface area (TPSA) is 55.6 Å². The van der Waals surface area contributed by atoms with Crippen molar-refractivity contribution in [1.82, 2.24) is 19.5 Å². The Morgan fingerprint density at radius 1 is 1.32 bits per heavy atom. The van der Waals surface area contributed by atoms with Crippen molar-refractivity contribution in [2.24, 2.45) is 5.92 Å². The molecule has 0 spiro atoms. The summed E-state index contributed by atoms with van der Waals surface area (Å²) in [5.74, 6) is 2.16. The van der Waals surface area contributed by atoms with Crippen molar-refractivity contribution in [3.63, 3.8) is 0 Å². The molecule has 0 aliphatic heterocycles. The largest absolute Gasteiger partial charge is 0.373 e. The Bertz CT molecular complexity index is 545. The van der Waals surface area contributed by atoms with E-state index in [-0.39, 0.29) is 0 Å². The van der Waals surface area contributed by atoms with Crippen LogP contribution in [0, 0.1) is 5.92 Å². The van der Waals surface area contributed by atoms with Gasteiger partial charge in [-0.2, -0.15) is 0 Å². The molecule has 19 heavy (non-hydrogen) atoms. The summed E-state index contributed by atoms with van der Waals surface area (Å²) >= 11 is 0. The second-order valence-electron chi connectivity index (χ2n) is 4.98. The van der Waals surface area contributed by atoms with Crippen LogP contribution < -0.4 is 5.32 Å². The summed E-state index contributed by atoms with van der Waals surface area (Å²) in [4.78, 5) is 13.4. The fraction of sp³-hybridized carbons (Fsp3) is 0.500.